The smallest absolute Gasteiger partial charge is 0.131 e. The Morgan fingerprint density at radius 2 is 2.06 bits per heavy atom. The SMILES string of the molecule is c1ccc2c(c1)OC1=C3CCCCN3CCC12. The Morgan fingerprint density at radius 3 is 3.06 bits per heavy atom. The highest BCUT2D eigenvalue weighted by molar-refractivity contribution is 5.48. The summed E-state index contributed by atoms with van der Waals surface area (Å²) in [4.78, 5) is 2.54. The van der Waals surface area contributed by atoms with Crippen molar-refractivity contribution in [2.45, 2.75) is 31.6 Å². The van der Waals surface area contributed by atoms with Crippen molar-refractivity contribution in [2.24, 2.45) is 0 Å². The second-order valence-corrected chi connectivity index (χ2v) is 5.24. The molecule has 1 fully saturated rings. The van der Waals surface area contributed by atoms with Gasteiger partial charge in [0, 0.05) is 24.6 Å². The van der Waals surface area contributed by atoms with E-state index in [9.17, 15) is 0 Å². The van der Waals surface area contributed by atoms with Crippen molar-refractivity contribution in [1.82, 2.24) is 4.90 Å². The Bertz CT molecular complexity index is 491. The minimum absolute atomic E-state index is 0.538. The second-order valence-electron chi connectivity index (χ2n) is 5.24. The van der Waals surface area contributed by atoms with E-state index in [-0.39, 0.29) is 0 Å². The Balaban J connectivity index is 1.81. The maximum atomic E-state index is 6.12. The third-order valence-electron chi connectivity index (χ3n) is 4.28. The molecule has 0 N–H and O–H groups in total. The molecule has 2 nitrogen and oxygen atoms in total. The Hall–Kier alpha value is -1.44. The van der Waals surface area contributed by atoms with Crippen molar-refractivity contribution in [2.75, 3.05) is 13.1 Å². The second kappa shape index (κ2) is 3.52. The van der Waals surface area contributed by atoms with Crippen LogP contribution < -0.4 is 4.74 Å². The monoisotopic (exact) mass is 227 g/mol. The molecule has 0 spiro atoms. The highest BCUT2D eigenvalue weighted by Gasteiger charge is 2.37. The van der Waals surface area contributed by atoms with Crippen molar-refractivity contribution in [3.63, 3.8) is 0 Å². The molecule has 0 aliphatic carbocycles. The fourth-order valence-corrected chi connectivity index (χ4v) is 3.44. The molecular weight excluding hydrogens is 210 g/mol. The van der Waals surface area contributed by atoms with Gasteiger partial charge in [-0.25, -0.2) is 0 Å². The van der Waals surface area contributed by atoms with E-state index in [4.69, 9.17) is 4.74 Å². The number of para-hydroxylation sites is 1. The third kappa shape index (κ3) is 1.33. The summed E-state index contributed by atoms with van der Waals surface area (Å²) in [5.41, 5.74) is 2.89. The normalized spacial score (nSPS) is 26.1. The van der Waals surface area contributed by atoms with Gasteiger partial charge >= 0.3 is 0 Å². The van der Waals surface area contributed by atoms with E-state index in [0.29, 0.717) is 5.92 Å². The zero-order valence-electron chi connectivity index (χ0n) is 9.98. The van der Waals surface area contributed by atoms with Crippen molar-refractivity contribution >= 4 is 0 Å². The molecule has 3 aliphatic rings. The first kappa shape index (κ1) is 9.58. The number of benzene rings is 1. The number of hydrogen-bond donors (Lipinski definition) is 0. The largest absolute Gasteiger partial charge is 0.459 e. The zero-order chi connectivity index (χ0) is 11.2. The number of rotatable bonds is 0. The van der Waals surface area contributed by atoms with Gasteiger partial charge in [-0.1, -0.05) is 18.2 Å². The number of fused-ring (bicyclic) bond motifs is 4. The molecule has 2 heteroatoms. The molecule has 0 saturated carbocycles. The van der Waals surface area contributed by atoms with Crippen LogP contribution in [0.3, 0.4) is 0 Å². The summed E-state index contributed by atoms with van der Waals surface area (Å²) in [6.07, 6.45) is 5.09. The molecule has 1 saturated heterocycles. The number of allylic oxidation sites excluding steroid dienone is 2. The van der Waals surface area contributed by atoms with Gasteiger partial charge in [-0.2, -0.15) is 0 Å². The first-order valence-electron chi connectivity index (χ1n) is 6.68. The zero-order valence-corrected chi connectivity index (χ0v) is 9.98. The molecule has 3 heterocycles. The van der Waals surface area contributed by atoms with Gasteiger partial charge in [-0.3, -0.25) is 0 Å². The van der Waals surface area contributed by atoms with Gasteiger partial charge in [0.1, 0.15) is 11.5 Å². The maximum Gasteiger partial charge on any atom is 0.131 e. The molecule has 1 unspecified atom stereocenters. The summed E-state index contributed by atoms with van der Waals surface area (Å²) in [6.45, 7) is 2.44. The van der Waals surface area contributed by atoms with Crippen molar-refractivity contribution in [3.05, 3.63) is 41.3 Å². The summed E-state index contributed by atoms with van der Waals surface area (Å²) in [5, 5.41) is 0. The van der Waals surface area contributed by atoms with E-state index in [1.54, 1.807) is 0 Å². The van der Waals surface area contributed by atoms with Crippen LogP contribution in [0.4, 0.5) is 0 Å². The number of piperidine rings is 1. The van der Waals surface area contributed by atoms with E-state index in [0.717, 1.165) is 5.75 Å². The number of hydrogen-bond acceptors (Lipinski definition) is 2. The van der Waals surface area contributed by atoms with Gasteiger partial charge < -0.3 is 9.64 Å². The summed E-state index contributed by atoms with van der Waals surface area (Å²) in [7, 11) is 0. The topological polar surface area (TPSA) is 12.5 Å². The van der Waals surface area contributed by atoms with Gasteiger partial charge in [-0.15, -0.1) is 0 Å². The molecule has 1 atom stereocenters. The van der Waals surface area contributed by atoms with Gasteiger partial charge in [0.25, 0.3) is 0 Å². The lowest BCUT2D eigenvalue weighted by Crippen LogP contribution is -2.35. The highest BCUT2D eigenvalue weighted by atomic mass is 16.5. The summed E-state index contributed by atoms with van der Waals surface area (Å²) in [6, 6.07) is 8.53. The summed E-state index contributed by atoms with van der Waals surface area (Å²) < 4.78 is 6.12. The average Bonchev–Trinajstić information content (AvgIpc) is 2.78. The summed E-state index contributed by atoms with van der Waals surface area (Å²) >= 11 is 0. The van der Waals surface area contributed by atoms with Crippen molar-refractivity contribution < 1.29 is 4.74 Å². The van der Waals surface area contributed by atoms with Crippen LogP contribution in [-0.4, -0.2) is 18.0 Å². The lowest BCUT2D eigenvalue weighted by Gasteiger charge is -2.37. The molecule has 0 bridgehead atoms. The molecule has 0 amide bonds. The van der Waals surface area contributed by atoms with Crippen LogP contribution in [0.25, 0.3) is 0 Å². The molecule has 4 rings (SSSR count). The van der Waals surface area contributed by atoms with Gasteiger partial charge in [-0.05, 0) is 31.7 Å². The van der Waals surface area contributed by atoms with Crippen LogP contribution >= 0.6 is 0 Å². The fourth-order valence-electron chi connectivity index (χ4n) is 3.44. The fraction of sp³-hybridized carbons (Fsp3) is 0.467. The first-order chi connectivity index (χ1) is 8.43. The van der Waals surface area contributed by atoms with Crippen molar-refractivity contribution in [1.29, 1.82) is 0 Å². The van der Waals surface area contributed by atoms with Gasteiger partial charge in [0.05, 0.1) is 5.70 Å². The Labute approximate surface area is 102 Å². The average molecular weight is 227 g/mol. The van der Waals surface area contributed by atoms with E-state index >= 15 is 0 Å². The Kier molecular flexibility index (Phi) is 1.99. The minimum Gasteiger partial charge on any atom is -0.459 e. The maximum absolute atomic E-state index is 6.12. The third-order valence-corrected chi connectivity index (χ3v) is 4.28. The quantitative estimate of drug-likeness (QED) is 0.674. The lowest BCUT2D eigenvalue weighted by molar-refractivity contribution is 0.229. The number of nitrogens with zero attached hydrogens (tertiary/aromatic N) is 1. The molecule has 1 aromatic carbocycles. The number of ether oxygens (including phenoxy) is 1. The molecule has 0 radical (unpaired) electrons. The highest BCUT2D eigenvalue weighted by Crippen LogP contribution is 2.47. The predicted molar refractivity (Wildman–Crippen MR) is 66.9 cm³/mol. The predicted octanol–water partition coefficient (Wildman–Crippen LogP) is 3.26. The van der Waals surface area contributed by atoms with E-state index in [1.165, 1.54) is 55.8 Å². The van der Waals surface area contributed by atoms with Gasteiger partial charge in [0.2, 0.25) is 0 Å². The van der Waals surface area contributed by atoms with Crippen LogP contribution in [0.2, 0.25) is 0 Å². The van der Waals surface area contributed by atoms with Crippen LogP contribution in [0.15, 0.2) is 35.7 Å². The first-order valence-corrected chi connectivity index (χ1v) is 6.68. The van der Waals surface area contributed by atoms with Gasteiger partial charge in [0.15, 0.2) is 0 Å². The minimum atomic E-state index is 0.538. The molecular formula is C15H17NO. The van der Waals surface area contributed by atoms with Crippen LogP contribution in [0.1, 0.15) is 37.2 Å². The van der Waals surface area contributed by atoms with Crippen LogP contribution in [-0.2, 0) is 0 Å². The molecule has 88 valence electrons. The summed E-state index contributed by atoms with van der Waals surface area (Å²) in [5.74, 6) is 2.89. The van der Waals surface area contributed by atoms with E-state index < -0.39 is 0 Å². The Morgan fingerprint density at radius 1 is 1.12 bits per heavy atom. The lowest BCUT2D eigenvalue weighted by atomic mass is 9.88. The van der Waals surface area contributed by atoms with Crippen molar-refractivity contribution in [3.8, 4) is 5.75 Å². The standard InChI is InChI=1S/C15H17NO/c1-2-7-14-11(5-1)12-8-10-16-9-4-3-6-13(16)15(12)17-14/h1-2,5,7,12H,3-4,6,8-10H2. The van der Waals surface area contributed by atoms with Crippen LogP contribution in [0, 0.1) is 0 Å². The van der Waals surface area contributed by atoms with E-state index in [1.807, 2.05) is 0 Å². The van der Waals surface area contributed by atoms with Crippen LogP contribution in [0.5, 0.6) is 5.75 Å². The molecule has 17 heavy (non-hydrogen) atoms. The molecule has 1 aromatic rings. The molecule has 0 aromatic heterocycles. The van der Waals surface area contributed by atoms with E-state index in [2.05, 4.69) is 29.2 Å². The molecule has 3 aliphatic heterocycles.